The van der Waals surface area contributed by atoms with Crippen molar-refractivity contribution in [3.8, 4) is 0 Å². The molecule has 0 aliphatic carbocycles. The fourth-order valence-electron chi connectivity index (χ4n) is 2.55. The summed E-state index contributed by atoms with van der Waals surface area (Å²) < 4.78 is 5.67. The summed E-state index contributed by atoms with van der Waals surface area (Å²) in [5, 5.41) is 14.2. The summed E-state index contributed by atoms with van der Waals surface area (Å²) in [4.78, 5) is 13.0. The molecule has 6 nitrogen and oxygen atoms in total. The largest absolute Gasteiger partial charge is 0.382 e. The Hall–Kier alpha value is -1.82. The third-order valence-corrected chi connectivity index (χ3v) is 3.23. The molecule has 0 bridgehead atoms. The highest BCUT2D eigenvalue weighted by Gasteiger charge is 2.28. The SMILES string of the molecule is CNc1cccc(N2CC(C)OC(C)C2)c1[N+](=O)[O-]. The smallest absolute Gasteiger partial charge is 0.315 e. The van der Waals surface area contributed by atoms with Crippen molar-refractivity contribution in [2.24, 2.45) is 0 Å². The molecule has 1 N–H and O–H groups in total. The number of nitrogens with one attached hydrogen (secondary N) is 1. The monoisotopic (exact) mass is 265 g/mol. The van der Waals surface area contributed by atoms with Crippen LogP contribution in [0.15, 0.2) is 18.2 Å². The van der Waals surface area contributed by atoms with Crippen molar-refractivity contribution in [3.63, 3.8) is 0 Å². The van der Waals surface area contributed by atoms with Gasteiger partial charge in [-0.2, -0.15) is 0 Å². The molecule has 1 aromatic carbocycles. The zero-order chi connectivity index (χ0) is 14.0. The molecular formula is C13H19N3O3. The van der Waals surface area contributed by atoms with Crippen LogP contribution in [0.25, 0.3) is 0 Å². The molecule has 0 spiro atoms. The predicted octanol–water partition coefficient (Wildman–Crippen LogP) is 2.25. The molecule has 1 aliphatic rings. The minimum absolute atomic E-state index is 0.0709. The molecule has 6 heteroatoms. The van der Waals surface area contributed by atoms with Crippen molar-refractivity contribution in [2.45, 2.75) is 26.1 Å². The van der Waals surface area contributed by atoms with Crippen molar-refractivity contribution in [3.05, 3.63) is 28.3 Å². The molecule has 0 radical (unpaired) electrons. The van der Waals surface area contributed by atoms with Crippen LogP contribution in [0.5, 0.6) is 0 Å². The van der Waals surface area contributed by atoms with Gasteiger partial charge in [0.1, 0.15) is 11.4 Å². The summed E-state index contributed by atoms with van der Waals surface area (Å²) in [7, 11) is 1.69. The first-order chi connectivity index (χ1) is 9.02. The number of nitro benzene ring substituents is 1. The van der Waals surface area contributed by atoms with Gasteiger partial charge in [0.2, 0.25) is 0 Å². The number of ether oxygens (including phenoxy) is 1. The molecule has 1 fully saturated rings. The van der Waals surface area contributed by atoms with Gasteiger partial charge in [-0.05, 0) is 26.0 Å². The molecule has 2 atom stereocenters. The van der Waals surface area contributed by atoms with E-state index in [2.05, 4.69) is 5.32 Å². The van der Waals surface area contributed by atoms with Gasteiger partial charge < -0.3 is 15.0 Å². The van der Waals surface area contributed by atoms with Gasteiger partial charge in [-0.1, -0.05) is 6.07 Å². The number of rotatable bonds is 3. The summed E-state index contributed by atoms with van der Waals surface area (Å²) in [6, 6.07) is 5.34. The topological polar surface area (TPSA) is 67.6 Å². The Bertz CT molecular complexity index is 468. The Balaban J connectivity index is 2.41. The second-order valence-electron chi connectivity index (χ2n) is 4.84. The van der Waals surface area contributed by atoms with E-state index < -0.39 is 0 Å². The number of hydrogen-bond donors (Lipinski definition) is 1. The lowest BCUT2D eigenvalue weighted by molar-refractivity contribution is -0.383. The molecule has 2 rings (SSSR count). The zero-order valence-corrected chi connectivity index (χ0v) is 11.4. The number of nitrogens with zero attached hydrogens (tertiary/aromatic N) is 2. The average molecular weight is 265 g/mol. The molecule has 19 heavy (non-hydrogen) atoms. The van der Waals surface area contributed by atoms with Gasteiger partial charge in [0, 0.05) is 20.1 Å². The van der Waals surface area contributed by atoms with Gasteiger partial charge in [-0.15, -0.1) is 0 Å². The summed E-state index contributed by atoms with van der Waals surface area (Å²) in [5.41, 5.74) is 1.32. The van der Waals surface area contributed by atoms with E-state index in [-0.39, 0.29) is 22.8 Å². The normalized spacial score (nSPS) is 23.2. The van der Waals surface area contributed by atoms with Crippen LogP contribution >= 0.6 is 0 Å². The number of nitro groups is 1. The Morgan fingerprint density at radius 3 is 2.53 bits per heavy atom. The number of morpholine rings is 1. The lowest BCUT2D eigenvalue weighted by Gasteiger charge is -2.36. The first-order valence-corrected chi connectivity index (χ1v) is 6.38. The fourth-order valence-corrected chi connectivity index (χ4v) is 2.55. The molecule has 1 aromatic rings. The lowest BCUT2D eigenvalue weighted by Crippen LogP contribution is -2.45. The second-order valence-corrected chi connectivity index (χ2v) is 4.84. The van der Waals surface area contributed by atoms with Crippen LogP contribution in [0.3, 0.4) is 0 Å². The quantitative estimate of drug-likeness (QED) is 0.670. The van der Waals surface area contributed by atoms with Gasteiger partial charge in [-0.3, -0.25) is 10.1 Å². The Labute approximate surface area is 112 Å². The lowest BCUT2D eigenvalue weighted by atomic mass is 10.1. The Morgan fingerprint density at radius 1 is 1.37 bits per heavy atom. The van der Waals surface area contributed by atoms with E-state index in [1.807, 2.05) is 24.8 Å². The van der Waals surface area contributed by atoms with Crippen molar-refractivity contribution in [2.75, 3.05) is 30.4 Å². The fraction of sp³-hybridized carbons (Fsp3) is 0.538. The van der Waals surface area contributed by atoms with Crippen molar-refractivity contribution in [1.82, 2.24) is 0 Å². The first-order valence-electron chi connectivity index (χ1n) is 6.38. The molecule has 1 aliphatic heterocycles. The highest BCUT2D eigenvalue weighted by atomic mass is 16.6. The summed E-state index contributed by atoms with van der Waals surface area (Å²) in [6.07, 6.45) is 0.142. The average Bonchev–Trinajstić information content (AvgIpc) is 2.36. The molecule has 0 aromatic heterocycles. The maximum absolute atomic E-state index is 11.3. The van der Waals surface area contributed by atoms with E-state index in [1.54, 1.807) is 19.2 Å². The van der Waals surface area contributed by atoms with Crippen LogP contribution in [-0.2, 0) is 4.74 Å². The minimum atomic E-state index is -0.327. The number of anilines is 2. The first kappa shape index (κ1) is 13.6. The van der Waals surface area contributed by atoms with Crippen LogP contribution < -0.4 is 10.2 Å². The molecule has 0 amide bonds. The standard InChI is InChI=1S/C13H19N3O3/c1-9-7-15(8-10(2)19-9)12-6-4-5-11(14-3)13(12)16(17)18/h4-6,9-10,14H,7-8H2,1-3H3. The van der Waals surface area contributed by atoms with Crippen LogP contribution in [0.1, 0.15) is 13.8 Å². The summed E-state index contributed by atoms with van der Waals surface area (Å²) >= 11 is 0. The zero-order valence-electron chi connectivity index (χ0n) is 11.4. The molecule has 2 unspecified atom stereocenters. The van der Waals surface area contributed by atoms with E-state index >= 15 is 0 Å². The Kier molecular flexibility index (Phi) is 3.90. The third kappa shape index (κ3) is 2.78. The van der Waals surface area contributed by atoms with Gasteiger partial charge in [0.15, 0.2) is 0 Å². The van der Waals surface area contributed by atoms with Crippen LogP contribution in [0.2, 0.25) is 0 Å². The van der Waals surface area contributed by atoms with Crippen molar-refractivity contribution < 1.29 is 9.66 Å². The predicted molar refractivity (Wildman–Crippen MR) is 74.9 cm³/mol. The second kappa shape index (κ2) is 5.44. The highest BCUT2D eigenvalue weighted by Crippen LogP contribution is 2.36. The van der Waals surface area contributed by atoms with Gasteiger partial charge in [-0.25, -0.2) is 0 Å². The molecule has 1 saturated heterocycles. The summed E-state index contributed by atoms with van der Waals surface area (Å²) in [6.45, 7) is 5.30. The van der Waals surface area contributed by atoms with Crippen LogP contribution in [0.4, 0.5) is 17.1 Å². The van der Waals surface area contributed by atoms with E-state index in [0.717, 1.165) is 0 Å². The van der Waals surface area contributed by atoms with Gasteiger partial charge >= 0.3 is 5.69 Å². The molecule has 0 saturated carbocycles. The van der Waals surface area contributed by atoms with E-state index in [9.17, 15) is 10.1 Å². The summed E-state index contributed by atoms with van der Waals surface area (Å²) in [5.74, 6) is 0. The maximum Gasteiger partial charge on any atom is 0.315 e. The van der Waals surface area contributed by atoms with Crippen molar-refractivity contribution >= 4 is 17.1 Å². The molecule has 104 valence electrons. The molecule has 1 heterocycles. The van der Waals surface area contributed by atoms with Crippen LogP contribution in [0, 0.1) is 10.1 Å². The maximum atomic E-state index is 11.3. The minimum Gasteiger partial charge on any atom is -0.382 e. The van der Waals surface area contributed by atoms with E-state index in [1.165, 1.54) is 0 Å². The Morgan fingerprint density at radius 2 is 2.00 bits per heavy atom. The highest BCUT2D eigenvalue weighted by molar-refractivity contribution is 5.77. The van der Waals surface area contributed by atoms with Gasteiger partial charge in [0.05, 0.1) is 17.1 Å². The van der Waals surface area contributed by atoms with Gasteiger partial charge in [0.25, 0.3) is 0 Å². The van der Waals surface area contributed by atoms with Crippen LogP contribution in [-0.4, -0.2) is 37.3 Å². The number of benzene rings is 1. The molecular weight excluding hydrogens is 246 g/mol. The third-order valence-electron chi connectivity index (χ3n) is 3.23. The van der Waals surface area contributed by atoms with E-state index in [0.29, 0.717) is 24.5 Å². The van der Waals surface area contributed by atoms with Crippen molar-refractivity contribution in [1.29, 1.82) is 0 Å². The van der Waals surface area contributed by atoms with E-state index in [4.69, 9.17) is 4.74 Å². The number of para-hydroxylation sites is 1. The number of hydrogen-bond acceptors (Lipinski definition) is 5.